The highest BCUT2D eigenvalue weighted by atomic mass is 16.5. The minimum Gasteiger partial charge on any atom is -0.457 e. The Morgan fingerprint density at radius 2 is 0.970 bits per heavy atom. The number of aromatic nitrogens is 2. The summed E-state index contributed by atoms with van der Waals surface area (Å²) in [5.41, 5.74) is 17.5. The highest BCUT2D eigenvalue weighted by molar-refractivity contribution is 5.80. The highest BCUT2D eigenvalue weighted by Crippen LogP contribution is 2.30. The van der Waals surface area contributed by atoms with Crippen molar-refractivity contribution >= 4 is 33.6 Å². The van der Waals surface area contributed by atoms with Crippen LogP contribution in [0.5, 0.6) is 11.5 Å². The molecule has 0 fully saturated rings. The topological polar surface area (TPSA) is 113 Å². The summed E-state index contributed by atoms with van der Waals surface area (Å²) in [5, 5.41) is 0. The first-order valence-corrected chi connectivity index (χ1v) is 10.3. The maximum Gasteiger partial charge on any atom is 0.227 e. The smallest absolute Gasteiger partial charge is 0.227 e. The number of anilines is 2. The highest BCUT2D eigenvalue weighted by Gasteiger charge is 2.11. The van der Waals surface area contributed by atoms with Crippen molar-refractivity contribution in [3.63, 3.8) is 0 Å². The van der Waals surface area contributed by atoms with E-state index >= 15 is 0 Å². The third-order valence-corrected chi connectivity index (χ3v) is 5.26. The van der Waals surface area contributed by atoms with Crippen LogP contribution < -0.4 is 16.2 Å². The lowest BCUT2D eigenvalue weighted by molar-refractivity contribution is 0.482. The normalized spacial score (nSPS) is 11.3. The van der Waals surface area contributed by atoms with Gasteiger partial charge < -0.3 is 25.0 Å². The fourth-order valence-electron chi connectivity index (χ4n) is 3.60. The molecule has 0 atom stereocenters. The number of nitrogens with two attached hydrogens (primary N) is 2. The second kappa shape index (κ2) is 7.42. The molecule has 0 saturated carbocycles. The van der Waals surface area contributed by atoms with E-state index in [0.29, 0.717) is 45.8 Å². The van der Waals surface area contributed by atoms with Crippen molar-refractivity contribution in [2.75, 3.05) is 11.5 Å². The number of rotatable bonds is 4. The molecule has 7 heteroatoms. The molecular formula is C26H18N4O3. The van der Waals surface area contributed by atoms with E-state index < -0.39 is 0 Å². The number of nitrogen functional groups attached to an aromatic ring is 2. The van der Waals surface area contributed by atoms with Crippen LogP contribution in [0.4, 0.5) is 11.4 Å². The molecule has 6 rings (SSSR count). The molecule has 0 unspecified atom stereocenters. The largest absolute Gasteiger partial charge is 0.457 e. The van der Waals surface area contributed by atoms with E-state index in [2.05, 4.69) is 9.97 Å². The first-order chi connectivity index (χ1) is 16.1. The monoisotopic (exact) mass is 434 g/mol. The van der Waals surface area contributed by atoms with Gasteiger partial charge in [0.2, 0.25) is 11.8 Å². The maximum absolute atomic E-state index is 5.97. The molecule has 0 spiro atoms. The second-order valence-electron chi connectivity index (χ2n) is 7.64. The van der Waals surface area contributed by atoms with E-state index in [0.717, 1.165) is 22.2 Å². The molecule has 160 valence electrons. The Kier molecular flexibility index (Phi) is 4.26. The number of hydrogen-bond donors (Lipinski definition) is 2. The summed E-state index contributed by atoms with van der Waals surface area (Å²) in [6, 6.07) is 25.9. The SMILES string of the molecule is Nc1ccc2nc(-c3ccc(Oc4ccc(-c5nc6ccc(N)cc6o5)cc4)cc3)oc2c1. The molecule has 33 heavy (non-hydrogen) atoms. The quantitative estimate of drug-likeness (QED) is 0.315. The lowest BCUT2D eigenvalue weighted by atomic mass is 10.2. The maximum atomic E-state index is 5.97. The van der Waals surface area contributed by atoms with Crippen molar-refractivity contribution in [3.05, 3.63) is 84.9 Å². The number of oxazole rings is 2. The molecule has 0 aliphatic heterocycles. The first-order valence-electron chi connectivity index (χ1n) is 10.3. The van der Waals surface area contributed by atoms with Gasteiger partial charge in [0.15, 0.2) is 11.2 Å². The summed E-state index contributed by atoms with van der Waals surface area (Å²) in [4.78, 5) is 9.02. The summed E-state index contributed by atoms with van der Waals surface area (Å²) >= 11 is 0. The van der Waals surface area contributed by atoms with Gasteiger partial charge in [0.05, 0.1) is 0 Å². The van der Waals surface area contributed by atoms with Crippen LogP contribution in [0.15, 0.2) is 93.8 Å². The van der Waals surface area contributed by atoms with Gasteiger partial charge in [-0.05, 0) is 72.8 Å². The van der Waals surface area contributed by atoms with Gasteiger partial charge >= 0.3 is 0 Å². The fourth-order valence-corrected chi connectivity index (χ4v) is 3.60. The molecule has 4 N–H and O–H groups in total. The molecule has 0 aliphatic carbocycles. The number of fused-ring (bicyclic) bond motifs is 2. The van der Waals surface area contributed by atoms with Gasteiger partial charge in [0.25, 0.3) is 0 Å². The predicted molar refractivity (Wildman–Crippen MR) is 128 cm³/mol. The fraction of sp³-hybridized carbons (Fsp3) is 0. The number of hydrogen-bond acceptors (Lipinski definition) is 7. The molecule has 4 aromatic carbocycles. The van der Waals surface area contributed by atoms with Crippen LogP contribution in [0.3, 0.4) is 0 Å². The van der Waals surface area contributed by atoms with Gasteiger partial charge in [0.1, 0.15) is 22.5 Å². The number of benzene rings is 4. The van der Waals surface area contributed by atoms with Crippen LogP contribution >= 0.6 is 0 Å². The zero-order chi connectivity index (χ0) is 22.4. The van der Waals surface area contributed by atoms with Crippen LogP contribution in [0.2, 0.25) is 0 Å². The zero-order valence-electron chi connectivity index (χ0n) is 17.4. The summed E-state index contributed by atoms with van der Waals surface area (Å²) in [6.07, 6.45) is 0. The van der Waals surface area contributed by atoms with Gasteiger partial charge in [-0.25, -0.2) is 9.97 Å². The molecular weight excluding hydrogens is 416 g/mol. The minimum absolute atomic E-state index is 0.534. The minimum atomic E-state index is 0.534. The van der Waals surface area contributed by atoms with Crippen LogP contribution in [-0.4, -0.2) is 9.97 Å². The predicted octanol–water partition coefficient (Wildman–Crippen LogP) is 6.26. The summed E-state index contributed by atoms with van der Waals surface area (Å²) in [5.74, 6) is 2.46. The van der Waals surface area contributed by atoms with Crippen molar-refractivity contribution in [2.45, 2.75) is 0 Å². The molecule has 0 bridgehead atoms. The Labute approximate surface area is 188 Å². The molecule has 2 aromatic heterocycles. The van der Waals surface area contributed by atoms with Crippen molar-refractivity contribution in [3.8, 4) is 34.4 Å². The van der Waals surface area contributed by atoms with Gasteiger partial charge in [-0.2, -0.15) is 0 Å². The zero-order valence-corrected chi connectivity index (χ0v) is 17.4. The van der Waals surface area contributed by atoms with Crippen molar-refractivity contribution in [1.29, 1.82) is 0 Å². The van der Waals surface area contributed by atoms with Crippen molar-refractivity contribution in [1.82, 2.24) is 9.97 Å². The summed E-state index contributed by atoms with van der Waals surface area (Å²) in [7, 11) is 0. The van der Waals surface area contributed by atoms with Crippen LogP contribution in [0.1, 0.15) is 0 Å². The van der Waals surface area contributed by atoms with Crippen molar-refractivity contribution in [2.24, 2.45) is 0 Å². The third-order valence-electron chi connectivity index (χ3n) is 5.26. The first kappa shape index (κ1) is 18.9. The van der Waals surface area contributed by atoms with Crippen LogP contribution in [0.25, 0.3) is 45.1 Å². The van der Waals surface area contributed by atoms with E-state index in [1.165, 1.54) is 0 Å². The van der Waals surface area contributed by atoms with Crippen LogP contribution in [-0.2, 0) is 0 Å². The Bertz CT molecular complexity index is 1480. The number of ether oxygens (including phenoxy) is 1. The van der Waals surface area contributed by atoms with E-state index in [1.54, 1.807) is 24.3 Å². The standard InChI is InChI=1S/C26H18N4O3/c27-17-5-11-21-23(13-17)32-25(29-21)15-1-7-19(8-2-15)31-20-9-3-16(4-10-20)26-30-22-12-6-18(28)14-24(22)33-26/h1-14H,27-28H2. The molecule has 2 heterocycles. The number of nitrogens with zero attached hydrogens (tertiary/aromatic N) is 2. The lowest BCUT2D eigenvalue weighted by Crippen LogP contribution is -1.85. The molecule has 0 saturated heterocycles. The Balaban J connectivity index is 1.19. The van der Waals surface area contributed by atoms with E-state index in [4.69, 9.17) is 25.0 Å². The lowest BCUT2D eigenvalue weighted by Gasteiger charge is -2.06. The third kappa shape index (κ3) is 3.61. The Morgan fingerprint density at radius 3 is 1.39 bits per heavy atom. The van der Waals surface area contributed by atoms with Crippen molar-refractivity contribution < 1.29 is 13.6 Å². The van der Waals surface area contributed by atoms with Gasteiger partial charge in [-0.1, -0.05) is 0 Å². The van der Waals surface area contributed by atoms with Gasteiger partial charge in [-0.3, -0.25) is 0 Å². The van der Waals surface area contributed by atoms with E-state index in [9.17, 15) is 0 Å². The summed E-state index contributed by atoms with van der Waals surface area (Å²) in [6.45, 7) is 0. The Hall–Kier alpha value is -4.78. The molecule has 0 amide bonds. The Morgan fingerprint density at radius 1 is 0.545 bits per heavy atom. The van der Waals surface area contributed by atoms with Gasteiger partial charge in [0, 0.05) is 34.6 Å². The van der Waals surface area contributed by atoms with Gasteiger partial charge in [-0.15, -0.1) is 0 Å². The molecule has 0 aliphatic rings. The van der Waals surface area contributed by atoms with E-state index in [1.807, 2.05) is 60.7 Å². The average Bonchev–Trinajstić information content (AvgIpc) is 3.43. The van der Waals surface area contributed by atoms with E-state index in [-0.39, 0.29) is 0 Å². The second-order valence-corrected chi connectivity index (χ2v) is 7.64. The molecule has 0 radical (unpaired) electrons. The average molecular weight is 434 g/mol. The van der Waals surface area contributed by atoms with Crippen LogP contribution in [0, 0.1) is 0 Å². The summed E-state index contributed by atoms with van der Waals surface area (Å²) < 4.78 is 17.6. The molecule has 6 aromatic rings. The molecule has 7 nitrogen and oxygen atoms in total.